The lowest BCUT2D eigenvalue weighted by Crippen LogP contribution is -2.11. The molecule has 2 aromatic heterocycles. The van der Waals surface area contributed by atoms with E-state index in [1.807, 2.05) is 0 Å². The third kappa shape index (κ3) is 2.72. The van der Waals surface area contributed by atoms with Crippen molar-refractivity contribution in [1.82, 2.24) is 24.5 Å². The Balaban J connectivity index is 2.18. The summed E-state index contributed by atoms with van der Waals surface area (Å²) in [6.07, 6.45) is 3.05. The van der Waals surface area contributed by atoms with Crippen molar-refractivity contribution in [3.8, 4) is 0 Å². The van der Waals surface area contributed by atoms with E-state index < -0.39 is 5.97 Å². The molecule has 2 rings (SSSR count). The molecule has 0 amide bonds. The molecule has 0 radical (unpaired) electrons. The number of nitrogens with zero attached hydrogens (tertiary/aromatic N) is 5. The molecule has 2 heterocycles. The number of carbonyl (C=O) groups is 1. The van der Waals surface area contributed by atoms with Crippen LogP contribution in [0.4, 0.5) is 0 Å². The highest BCUT2D eigenvalue weighted by Gasteiger charge is 2.18. The van der Waals surface area contributed by atoms with Crippen molar-refractivity contribution >= 4 is 17.6 Å². The minimum atomic E-state index is -0.522. The van der Waals surface area contributed by atoms with Crippen LogP contribution in [0.2, 0.25) is 5.15 Å². The van der Waals surface area contributed by atoms with Crippen LogP contribution in [-0.4, -0.2) is 37.1 Å². The fourth-order valence-corrected chi connectivity index (χ4v) is 1.75. The summed E-state index contributed by atoms with van der Waals surface area (Å²) in [5.41, 5.74) is 0.797. The number of esters is 1. The van der Waals surface area contributed by atoms with Crippen molar-refractivity contribution in [2.45, 2.75) is 13.5 Å². The Bertz CT molecular complexity index is 646. The van der Waals surface area contributed by atoms with Crippen molar-refractivity contribution in [3.63, 3.8) is 0 Å². The Hall–Kier alpha value is -2.15. The van der Waals surface area contributed by atoms with E-state index in [0.29, 0.717) is 23.2 Å². The molecule has 0 saturated carbocycles. The third-order valence-corrected chi connectivity index (χ3v) is 3.18. The maximum atomic E-state index is 11.7. The number of hydrogen-bond donors (Lipinski definition) is 0. The van der Waals surface area contributed by atoms with E-state index in [1.165, 1.54) is 6.08 Å². The van der Waals surface area contributed by atoms with Gasteiger partial charge in [0.1, 0.15) is 24.1 Å². The second-order valence-corrected chi connectivity index (χ2v) is 4.51. The summed E-state index contributed by atoms with van der Waals surface area (Å²) >= 11 is 5.92. The molecule has 0 unspecified atom stereocenters. The van der Waals surface area contributed by atoms with Crippen LogP contribution in [0, 0.1) is 6.92 Å². The summed E-state index contributed by atoms with van der Waals surface area (Å²) in [6.45, 7) is 5.74. The molecule has 0 aliphatic heterocycles. The van der Waals surface area contributed by atoms with Crippen LogP contribution in [0.3, 0.4) is 0 Å². The van der Waals surface area contributed by atoms with Crippen LogP contribution >= 0.6 is 11.6 Å². The normalized spacial score (nSPS) is 10.6. The van der Waals surface area contributed by atoms with Gasteiger partial charge in [-0.1, -0.05) is 29.5 Å². The second-order valence-electron chi connectivity index (χ2n) is 4.12. The standard InChI is InChI=1S/C12H14ClN5O2/c1-4-5-20-12(19)11-8(2)18(16-15-11)7-10-14-6-9(13)17(10)3/h4,6H,1,5,7H2,2-3H3. The third-order valence-electron chi connectivity index (χ3n) is 2.83. The fourth-order valence-electron chi connectivity index (χ4n) is 1.61. The number of imidazole rings is 1. The van der Waals surface area contributed by atoms with Crippen molar-refractivity contribution < 1.29 is 9.53 Å². The molecule has 106 valence electrons. The van der Waals surface area contributed by atoms with Gasteiger partial charge in [-0.25, -0.2) is 14.5 Å². The summed E-state index contributed by atoms with van der Waals surface area (Å²) in [6, 6.07) is 0. The highest BCUT2D eigenvalue weighted by atomic mass is 35.5. The number of rotatable bonds is 5. The number of carbonyl (C=O) groups excluding carboxylic acids is 1. The van der Waals surface area contributed by atoms with E-state index >= 15 is 0 Å². The fraction of sp³-hybridized carbons (Fsp3) is 0.333. The molecule has 0 atom stereocenters. The van der Waals surface area contributed by atoms with Gasteiger partial charge in [0, 0.05) is 7.05 Å². The van der Waals surface area contributed by atoms with Gasteiger partial charge in [0.2, 0.25) is 0 Å². The predicted molar refractivity (Wildman–Crippen MR) is 72.6 cm³/mol. The molecule has 0 N–H and O–H groups in total. The average Bonchev–Trinajstić information content (AvgIpc) is 2.94. The van der Waals surface area contributed by atoms with Gasteiger partial charge < -0.3 is 9.30 Å². The largest absolute Gasteiger partial charge is 0.457 e. The maximum Gasteiger partial charge on any atom is 0.361 e. The Morgan fingerprint density at radius 2 is 2.35 bits per heavy atom. The lowest BCUT2D eigenvalue weighted by atomic mass is 10.3. The van der Waals surface area contributed by atoms with E-state index in [1.54, 1.807) is 29.4 Å². The van der Waals surface area contributed by atoms with Gasteiger partial charge in [0.15, 0.2) is 5.69 Å². The molecule has 0 aliphatic rings. The minimum Gasteiger partial charge on any atom is -0.457 e. The molecule has 0 bridgehead atoms. The van der Waals surface area contributed by atoms with Crippen LogP contribution in [-0.2, 0) is 18.3 Å². The summed E-state index contributed by atoms with van der Waals surface area (Å²) in [5.74, 6) is 0.195. The number of aromatic nitrogens is 5. The maximum absolute atomic E-state index is 11.7. The quantitative estimate of drug-likeness (QED) is 0.615. The van der Waals surface area contributed by atoms with Gasteiger partial charge in [-0.15, -0.1) is 5.10 Å². The SMILES string of the molecule is C=CCOC(=O)c1nnn(Cc2ncc(Cl)n2C)c1C. The van der Waals surface area contributed by atoms with Crippen molar-refractivity contribution in [2.24, 2.45) is 7.05 Å². The molecule has 0 aliphatic carbocycles. The minimum absolute atomic E-state index is 0.139. The summed E-state index contributed by atoms with van der Waals surface area (Å²) in [7, 11) is 1.80. The summed E-state index contributed by atoms with van der Waals surface area (Å²) in [4.78, 5) is 15.9. The highest BCUT2D eigenvalue weighted by molar-refractivity contribution is 6.29. The van der Waals surface area contributed by atoms with E-state index in [4.69, 9.17) is 16.3 Å². The van der Waals surface area contributed by atoms with Gasteiger partial charge in [-0.3, -0.25) is 0 Å². The molecule has 0 saturated heterocycles. The van der Waals surface area contributed by atoms with Gasteiger partial charge >= 0.3 is 5.97 Å². The first-order chi connectivity index (χ1) is 9.54. The van der Waals surface area contributed by atoms with E-state index in [9.17, 15) is 4.79 Å². The molecule has 0 spiro atoms. The van der Waals surface area contributed by atoms with E-state index in [0.717, 1.165) is 0 Å². The molecule has 8 heteroatoms. The molecule has 2 aromatic rings. The van der Waals surface area contributed by atoms with E-state index in [-0.39, 0.29) is 12.3 Å². The molecular formula is C12H14ClN5O2. The molecule has 7 nitrogen and oxygen atoms in total. The highest BCUT2D eigenvalue weighted by Crippen LogP contribution is 2.12. The lowest BCUT2D eigenvalue weighted by Gasteiger charge is -2.04. The summed E-state index contributed by atoms with van der Waals surface area (Å²) in [5, 5.41) is 8.30. The Morgan fingerprint density at radius 3 is 2.95 bits per heavy atom. The monoisotopic (exact) mass is 295 g/mol. The van der Waals surface area contributed by atoms with Crippen molar-refractivity contribution in [3.05, 3.63) is 41.2 Å². The summed E-state index contributed by atoms with van der Waals surface area (Å²) < 4.78 is 8.24. The zero-order valence-corrected chi connectivity index (χ0v) is 12.0. The van der Waals surface area contributed by atoms with Crippen LogP contribution in [0.1, 0.15) is 22.0 Å². The lowest BCUT2D eigenvalue weighted by molar-refractivity contribution is 0.0542. The van der Waals surface area contributed by atoms with Gasteiger partial charge in [-0.2, -0.15) is 0 Å². The first-order valence-corrected chi connectivity index (χ1v) is 6.26. The Labute approximate surface area is 120 Å². The van der Waals surface area contributed by atoms with E-state index in [2.05, 4.69) is 21.9 Å². The zero-order valence-electron chi connectivity index (χ0n) is 11.2. The Kier molecular flexibility index (Phi) is 4.19. The molecule has 0 fully saturated rings. The topological polar surface area (TPSA) is 74.8 Å². The van der Waals surface area contributed by atoms with Crippen LogP contribution in [0.5, 0.6) is 0 Å². The van der Waals surface area contributed by atoms with Gasteiger partial charge in [0.05, 0.1) is 11.9 Å². The van der Waals surface area contributed by atoms with Crippen LogP contribution in [0.25, 0.3) is 0 Å². The van der Waals surface area contributed by atoms with Crippen LogP contribution < -0.4 is 0 Å². The number of ether oxygens (including phenoxy) is 1. The molecule has 20 heavy (non-hydrogen) atoms. The average molecular weight is 296 g/mol. The first-order valence-electron chi connectivity index (χ1n) is 5.88. The van der Waals surface area contributed by atoms with Gasteiger partial charge in [0.25, 0.3) is 0 Å². The molecule has 0 aromatic carbocycles. The number of halogens is 1. The molecular weight excluding hydrogens is 282 g/mol. The van der Waals surface area contributed by atoms with Crippen molar-refractivity contribution in [2.75, 3.05) is 6.61 Å². The van der Waals surface area contributed by atoms with Crippen molar-refractivity contribution in [1.29, 1.82) is 0 Å². The van der Waals surface area contributed by atoms with Gasteiger partial charge in [-0.05, 0) is 6.92 Å². The second kappa shape index (κ2) is 5.87. The first kappa shape index (κ1) is 14.3. The predicted octanol–water partition coefficient (Wildman–Crippen LogP) is 1.36. The zero-order chi connectivity index (χ0) is 14.7. The van der Waals surface area contributed by atoms with Crippen LogP contribution in [0.15, 0.2) is 18.9 Å². The Morgan fingerprint density at radius 1 is 1.60 bits per heavy atom. The smallest absolute Gasteiger partial charge is 0.361 e. The number of hydrogen-bond acceptors (Lipinski definition) is 5.